The van der Waals surface area contributed by atoms with Crippen molar-refractivity contribution in [3.63, 3.8) is 0 Å². The number of amides is 1. The van der Waals surface area contributed by atoms with Gasteiger partial charge in [-0.1, -0.05) is 12.1 Å². The van der Waals surface area contributed by atoms with Gasteiger partial charge in [-0.3, -0.25) is 4.79 Å². The Morgan fingerprint density at radius 2 is 2.07 bits per heavy atom. The number of thiazole rings is 1. The van der Waals surface area contributed by atoms with Crippen molar-refractivity contribution in [3.05, 3.63) is 53.0 Å². The third-order valence-electron chi connectivity index (χ3n) is 4.29. The molecule has 0 aliphatic carbocycles. The van der Waals surface area contributed by atoms with E-state index in [0.29, 0.717) is 17.1 Å². The second kappa shape index (κ2) is 8.06. The molecule has 0 N–H and O–H groups in total. The van der Waals surface area contributed by atoms with Gasteiger partial charge < -0.3 is 14.4 Å². The quantitative estimate of drug-likeness (QED) is 0.650. The molecule has 7 heteroatoms. The van der Waals surface area contributed by atoms with Gasteiger partial charge in [0, 0.05) is 13.1 Å². The fourth-order valence-electron chi connectivity index (χ4n) is 2.55. The van der Waals surface area contributed by atoms with Crippen LogP contribution in [-0.4, -0.2) is 36.6 Å². The molecule has 3 aromatic rings. The number of carbonyl (C=O) groups excluding carboxylic acids is 1. The number of hydrogen-bond donors (Lipinski definition) is 0. The second-order valence-electron chi connectivity index (χ2n) is 5.97. The molecule has 1 heterocycles. The minimum absolute atomic E-state index is 0.131. The lowest BCUT2D eigenvalue weighted by atomic mass is 10.2. The summed E-state index contributed by atoms with van der Waals surface area (Å²) >= 11 is 1.58. The van der Waals surface area contributed by atoms with Crippen LogP contribution in [0.15, 0.2) is 42.5 Å². The topological polar surface area (TPSA) is 75.5 Å². The number of nitriles is 1. The predicted molar refractivity (Wildman–Crippen MR) is 104 cm³/mol. The highest BCUT2D eigenvalue weighted by Crippen LogP contribution is 2.30. The van der Waals surface area contributed by atoms with Gasteiger partial charge in [-0.15, -0.1) is 11.3 Å². The molecule has 0 bridgehead atoms. The molecule has 2 aromatic carbocycles. The molecule has 6 nitrogen and oxygen atoms in total. The van der Waals surface area contributed by atoms with Gasteiger partial charge in [-0.05, 0) is 31.2 Å². The first-order valence-electron chi connectivity index (χ1n) is 8.35. The van der Waals surface area contributed by atoms with Gasteiger partial charge in [-0.25, -0.2) is 4.98 Å². The minimum Gasteiger partial charge on any atom is -0.493 e. The van der Waals surface area contributed by atoms with E-state index in [0.717, 1.165) is 15.2 Å². The smallest absolute Gasteiger partial charge is 0.260 e. The number of ether oxygens (including phenoxy) is 2. The maximum Gasteiger partial charge on any atom is 0.260 e. The monoisotopic (exact) mass is 381 g/mol. The fraction of sp³-hybridized carbons (Fsp3) is 0.250. The summed E-state index contributed by atoms with van der Waals surface area (Å²) in [6.45, 7) is 1.81. The Labute approximate surface area is 161 Å². The highest BCUT2D eigenvalue weighted by atomic mass is 32.1. The zero-order valence-corrected chi connectivity index (χ0v) is 16.1. The highest BCUT2D eigenvalue weighted by Gasteiger charge is 2.21. The van der Waals surface area contributed by atoms with Crippen LogP contribution in [0.2, 0.25) is 0 Å². The second-order valence-corrected chi connectivity index (χ2v) is 7.03. The number of fused-ring (bicyclic) bond motifs is 1. The number of methoxy groups -OCH3 is 1. The number of benzene rings is 2. The fourth-order valence-corrected chi connectivity index (χ4v) is 3.61. The van der Waals surface area contributed by atoms with Crippen LogP contribution in [0.1, 0.15) is 23.5 Å². The number of aromatic nitrogens is 1. The Morgan fingerprint density at radius 3 is 2.78 bits per heavy atom. The molecule has 0 fully saturated rings. The van der Waals surface area contributed by atoms with Crippen LogP contribution >= 0.6 is 11.3 Å². The lowest BCUT2D eigenvalue weighted by Gasteiger charge is -2.23. The van der Waals surface area contributed by atoms with E-state index in [9.17, 15) is 4.79 Å². The Kier molecular flexibility index (Phi) is 5.57. The van der Waals surface area contributed by atoms with E-state index in [1.54, 1.807) is 41.5 Å². The van der Waals surface area contributed by atoms with E-state index in [-0.39, 0.29) is 18.6 Å². The van der Waals surface area contributed by atoms with Crippen LogP contribution in [0.3, 0.4) is 0 Å². The Bertz CT molecular complexity index is 976. The lowest BCUT2D eigenvalue weighted by Crippen LogP contribution is -2.33. The van der Waals surface area contributed by atoms with Gasteiger partial charge >= 0.3 is 0 Å². The number of likely N-dealkylation sites (N-methyl/N-ethyl adjacent to an activating group) is 1. The van der Waals surface area contributed by atoms with E-state index in [2.05, 4.69) is 4.98 Å². The number of para-hydroxylation sites is 1. The molecule has 0 spiro atoms. The van der Waals surface area contributed by atoms with E-state index < -0.39 is 0 Å². The molecular weight excluding hydrogens is 362 g/mol. The maximum atomic E-state index is 12.6. The normalized spacial score (nSPS) is 11.6. The first-order valence-corrected chi connectivity index (χ1v) is 9.17. The summed E-state index contributed by atoms with van der Waals surface area (Å²) in [5.41, 5.74) is 1.40. The third kappa shape index (κ3) is 4.01. The SMILES string of the molecule is COc1cc(C#N)ccc1OCC(=O)N(C)[C@H](C)c1nc2ccccc2s1. The summed E-state index contributed by atoms with van der Waals surface area (Å²) < 4.78 is 11.9. The van der Waals surface area contributed by atoms with Gasteiger partial charge in [0.05, 0.1) is 35.0 Å². The zero-order valence-electron chi connectivity index (χ0n) is 15.3. The molecule has 0 unspecified atom stereocenters. The Hall–Kier alpha value is -3.11. The molecular formula is C20H19N3O3S. The molecule has 1 amide bonds. The van der Waals surface area contributed by atoms with Gasteiger partial charge in [0.15, 0.2) is 18.1 Å². The van der Waals surface area contributed by atoms with E-state index in [1.165, 1.54) is 7.11 Å². The van der Waals surface area contributed by atoms with Crippen molar-refractivity contribution >= 4 is 27.5 Å². The summed E-state index contributed by atoms with van der Waals surface area (Å²) in [7, 11) is 3.23. The van der Waals surface area contributed by atoms with Crippen molar-refractivity contribution in [3.8, 4) is 17.6 Å². The first-order chi connectivity index (χ1) is 13.0. The summed E-state index contributed by atoms with van der Waals surface area (Å²) in [6, 6.07) is 14.6. The van der Waals surface area contributed by atoms with E-state index in [4.69, 9.17) is 14.7 Å². The zero-order chi connectivity index (χ0) is 19.4. The molecule has 138 valence electrons. The summed E-state index contributed by atoms with van der Waals surface area (Å²) in [5.74, 6) is 0.669. The highest BCUT2D eigenvalue weighted by molar-refractivity contribution is 7.18. The largest absolute Gasteiger partial charge is 0.493 e. The third-order valence-corrected chi connectivity index (χ3v) is 5.49. The average molecular weight is 381 g/mol. The molecule has 0 aliphatic heterocycles. The molecule has 0 radical (unpaired) electrons. The van der Waals surface area contributed by atoms with Crippen LogP contribution in [-0.2, 0) is 4.79 Å². The maximum absolute atomic E-state index is 12.6. The standard InChI is InChI=1S/C20H19N3O3S/c1-13(20-22-15-6-4-5-7-18(15)27-20)23(2)19(24)12-26-16-9-8-14(11-21)10-17(16)25-3/h4-10,13H,12H2,1-3H3/t13-/m1/s1. The van der Waals surface area contributed by atoms with Crippen LogP contribution in [0.4, 0.5) is 0 Å². The Balaban J connectivity index is 1.67. The molecule has 27 heavy (non-hydrogen) atoms. The van der Waals surface area contributed by atoms with Crippen LogP contribution < -0.4 is 9.47 Å². The Morgan fingerprint density at radius 1 is 1.30 bits per heavy atom. The molecule has 0 aliphatic rings. The predicted octanol–water partition coefficient (Wildman–Crippen LogP) is 3.77. The summed E-state index contributed by atoms with van der Waals surface area (Å²) in [6.07, 6.45) is 0. The number of rotatable bonds is 6. The number of carbonyl (C=O) groups is 1. The number of nitrogens with zero attached hydrogens (tertiary/aromatic N) is 3. The van der Waals surface area contributed by atoms with Gasteiger partial charge in [-0.2, -0.15) is 5.26 Å². The molecule has 1 atom stereocenters. The van der Waals surface area contributed by atoms with Crippen LogP contribution in [0.25, 0.3) is 10.2 Å². The minimum atomic E-state index is -0.173. The van der Waals surface area contributed by atoms with Crippen molar-refractivity contribution < 1.29 is 14.3 Å². The van der Waals surface area contributed by atoms with E-state index in [1.807, 2.05) is 37.3 Å². The van der Waals surface area contributed by atoms with E-state index >= 15 is 0 Å². The van der Waals surface area contributed by atoms with Crippen LogP contribution in [0.5, 0.6) is 11.5 Å². The lowest BCUT2D eigenvalue weighted by molar-refractivity contribution is -0.134. The van der Waals surface area contributed by atoms with Crippen molar-refractivity contribution in [1.29, 1.82) is 5.26 Å². The van der Waals surface area contributed by atoms with Gasteiger partial charge in [0.2, 0.25) is 0 Å². The summed E-state index contributed by atoms with van der Waals surface area (Å²) in [5, 5.41) is 9.83. The molecule has 3 rings (SSSR count). The molecule has 1 aromatic heterocycles. The summed E-state index contributed by atoms with van der Waals surface area (Å²) in [4.78, 5) is 18.8. The first kappa shape index (κ1) is 18.7. The van der Waals surface area contributed by atoms with Crippen LogP contribution in [0, 0.1) is 11.3 Å². The number of hydrogen-bond acceptors (Lipinski definition) is 6. The average Bonchev–Trinajstić information content (AvgIpc) is 3.14. The van der Waals surface area contributed by atoms with Crippen molar-refractivity contribution in [2.24, 2.45) is 0 Å². The van der Waals surface area contributed by atoms with Gasteiger partial charge in [0.25, 0.3) is 5.91 Å². The molecule has 0 saturated carbocycles. The van der Waals surface area contributed by atoms with Crippen molar-refractivity contribution in [2.75, 3.05) is 20.8 Å². The van der Waals surface area contributed by atoms with Crippen molar-refractivity contribution in [1.82, 2.24) is 9.88 Å². The van der Waals surface area contributed by atoms with Gasteiger partial charge in [0.1, 0.15) is 5.01 Å². The molecule has 0 saturated heterocycles. The van der Waals surface area contributed by atoms with Crippen molar-refractivity contribution in [2.45, 2.75) is 13.0 Å².